The van der Waals surface area contributed by atoms with Crippen molar-refractivity contribution in [2.75, 3.05) is 39.8 Å². The van der Waals surface area contributed by atoms with E-state index < -0.39 is 0 Å². The Morgan fingerprint density at radius 3 is 2.34 bits per heavy atom. The molecule has 0 radical (unpaired) electrons. The van der Waals surface area contributed by atoms with Gasteiger partial charge in [-0.3, -0.25) is 9.59 Å². The molecule has 1 heterocycles. The minimum Gasteiger partial charge on any atom is -0.497 e. The standard InChI is InChI=1S/C22H26N2O5/c1-23(13-15-5-10-19(28-3)20(11-15)29-4)22(26)16-12-21(25)24(14-16)17-6-8-18(27-2)9-7-17/h5-11,16H,12-14H2,1-4H3. The lowest BCUT2D eigenvalue weighted by molar-refractivity contribution is -0.135. The Morgan fingerprint density at radius 1 is 1.03 bits per heavy atom. The summed E-state index contributed by atoms with van der Waals surface area (Å²) < 4.78 is 15.7. The first-order valence-corrected chi connectivity index (χ1v) is 9.37. The van der Waals surface area contributed by atoms with Crippen molar-refractivity contribution in [1.82, 2.24) is 4.90 Å². The van der Waals surface area contributed by atoms with E-state index in [2.05, 4.69) is 0 Å². The molecule has 2 amide bonds. The molecule has 0 bridgehead atoms. The summed E-state index contributed by atoms with van der Waals surface area (Å²) in [5.41, 5.74) is 1.70. The Bertz CT molecular complexity index is 881. The second kappa shape index (κ2) is 8.86. The van der Waals surface area contributed by atoms with Crippen LogP contribution in [-0.4, -0.2) is 51.6 Å². The summed E-state index contributed by atoms with van der Waals surface area (Å²) in [5.74, 6) is 1.52. The van der Waals surface area contributed by atoms with Gasteiger partial charge in [0.25, 0.3) is 0 Å². The van der Waals surface area contributed by atoms with E-state index in [1.807, 2.05) is 30.3 Å². The average Bonchev–Trinajstić information content (AvgIpc) is 3.14. The minimum absolute atomic E-state index is 0.0481. The molecule has 0 aliphatic carbocycles. The first kappa shape index (κ1) is 20.5. The molecule has 0 N–H and O–H groups in total. The average molecular weight is 398 g/mol. The highest BCUT2D eigenvalue weighted by Gasteiger charge is 2.36. The van der Waals surface area contributed by atoms with Gasteiger partial charge < -0.3 is 24.0 Å². The number of carbonyl (C=O) groups is 2. The van der Waals surface area contributed by atoms with Crippen molar-refractivity contribution < 1.29 is 23.8 Å². The molecular weight excluding hydrogens is 372 g/mol. The lowest BCUT2D eigenvalue weighted by atomic mass is 10.1. The Kier molecular flexibility index (Phi) is 6.26. The van der Waals surface area contributed by atoms with E-state index in [9.17, 15) is 9.59 Å². The van der Waals surface area contributed by atoms with Gasteiger partial charge >= 0.3 is 0 Å². The van der Waals surface area contributed by atoms with Gasteiger partial charge in [-0.2, -0.15) is 0 Å². The van der Waals surface area contributed by atoms with Crippen molar-refractivity contribution in [3.63, 3.8) is 0 Å². The van der Waals surface area contributed by atoms with Crippen LogP contribution < -0.4 is 19.1 Å². The fraction of sp³-hybridized carbons (Fsp3) is 0.364. The zero-order valence-corrected chi connectivity index (χ0v) is 17.2. The van der Waals surface area contributed by atoms with Crippen LogP contribution >= 0.6 is 0 Å². The number of benzene rings is 2. The van der Waals surface area contributed by atoms with Crippen LogP contribution in [0.5, 0.6) is 17.2 Å². The van der Waals surface area contributed by atoms with Crippen molar-refractivity contribution in [2.24, 2.45) is 5.92 Å². The van der Waals surface area contributed by atoms with Gasteiger partial charge in [0.1, 0.15) is 5.75 Å². The van der Waals surface area contributed by atoms with Crippen molar-refractivity contribution in [1.29, 1.82) is 0 Å². The van der Waals surface area contributed by atoms with Crippen LogP contribution in [0.1, 0.15) is 12.0 Å². The maximum Gasteiger partial charge on any atom is 0.228 e. The molecule has 1 fully saturated rings. The van der Waals surface area contributed by atoms with Crippen molar-refractivity contribution >= 4 is 17.5 Å². The summed E-state index contributed by atoms with van der Waals surface area (Å²) in [6.07, 6.45) is 0.209. The van der Waals surface area contributed by atoms with Gasteiger partial charge in [-0.05, 0) is 42.0 Å². The summed E-state index contributed by atoms with van der Waals surface area (Å²) in [7, 11) is 6.51. The van der Waals surface area contributed by atoms with Crippen LogP contribution in [0.15, 0.2) is 42.5 Å². The van der Waals surface area contributed by atoms with Gasteiger partial charge in [0, 0.05) is 32.2 Å². The highest BCUT2D eigenvalue weighted by molar-refractivity contribution is 6.00. The number of nitrogens with zero attached hydrogens (tertiary/aromatic N) is 2. The second-order valence-corrected chi connectivity index (χ2v) is 6.99. The molecule has 7 heteroatoms. The molecule has 0 saturated carbocycles. The molecule has 3 rings (SSSR count). The van der Waals surface area contributed by atoms with Gasteiger partial charge in [0.2, 0.25) is 11.8 Å². The monoisotopic (exact) mass is 398 g/mol. The first-order chi connectivity index (χ1) is 14.0. The minimum atomic E-state index is -0.366. The maximum atomic E-state index is 12.9. The molecule has 1 aliphatic heterocycles. The van der Waals surface area contributed by atoms with Crippen LogP contribution in [-0.2, 0) is 16.1 Å². The third-order valence-electron chi connectivity index (χ3n) is 5.10. The molecule has 2 aromatic rings. The number of methoxy groups -OCH3 is 3. The third-order valence-corrected chi connectivity index (χ3v) is 5.10. The molecule has 7 nitrogen and oxygen atoms in total. The van der Waals surface area contributed by atoms with E-state index in [1.165, 1.54) is 0 Å². The Balaban J connectivity index is 1.66. The maximum absolute atomic E-state index is 12.9. The SMILES string of the molecule is COc1ccc(N2CC(C(=O)N(C)Cc3ccc(OC)c(OC)c3)CC2=O)cc1. The third kappa shape index (κ3) is 4.45. The van der Waals surface area contributed by atoms with E-state index in [0.29, 0.717) is 24.6 Å². The van der Waals surface area contributed by atoms with E-state index in [4.69, 9.17) is 14.2 Å². The number of hydrogen-bond acceptors (Lipinski definition) is 5. The zero-order valence-electron chi connectivity index (χ0n) is 17.2. The Hall–Kier alpha value is -3.22. The first-order valence-electron chi connectivity index (χ1n) is 9.37. The number of amides is 2. The quantitative estimate of drug-likeness (QED) is 0.717. The predicted octanol–water partition coefficient (Wildman–Crippen LogP) is 2.72. The highest BCUT2D eigenvalue weighted by Crippen LogP contribution is 2.30. The number of rotatable bonds is 7. The molecule has 2 aromatic carbocycles. The number of carbonyl (C=O) groups excluding carboxylic acids is 2. The van der Waals surface area contributed by atoms with Gasteiger partial charge in [0.05, 0.1) is 27.2 Å². The molecule has 0 spiro atoms. The van der Waals surface area contributed by atoms with E-state index in [1.54, 1.807) is 50.3 Å². The van der Waals surface area contributed by atoms with Crippen LogP contribution in [0.25, 0.3) is 0 Å². The second-order valence-electron chi connectivity index (χ2n) is 6.99. The number of hydrogen-bond donors (Lipinski definition) is 0. The molecule has 29 heavy (non-hydrogen) atoms. The molecule has 1 unspecified atom stereocenters. The number of ether oxygens (including phenoxy) is 3. The summed E-state index contributed by atoms with van der Waals surface area (Å²) in [4.78, 5) is 28.7. The molecule has 1 atom stereocenters. The predicted molar refractivity (Wildman–Crippen MR) is 109 cm³/mol. The van der Waals surface area contributed by atoms with E-state index >= 15 is 0 Å². The molecular formula is C22H26N2O5. The summed E-state index contributed by atoms with van der Waals surface area (Å²) >= 11 is 0. The lowest BCUT2D eigenvalue weighted by Gasteiger charge is -2.22. The molecule has 0 aromatic heterocycles. The van der Waals surface area contributed by atoms with Gasteiger partial charge in [-0.25, -0.2) is 0 Å². The van der Waals surface area contributed by atoms with Crippen LogP contribution in [0, 0.1) is 5.92 Å². The smallest absolute Gasteiger partial charge is 0.228 e. The fourth-order valence-corrected chi connectivity index (χ4v) is 3.53. The van der Waals surface area contributed by atoms with E-state index in [-0.39, 0.29) is 24.2 Å². The van der Waals surface area contributed by atoms with Crippen LogP contribution in [0.4, 0.5) is 5.69 Å². The van der Waals surface area contributed by atoms with Crippen LogP contribution in [0.2, 0.25) is 0 Å². The summed E-state index contributed by atoms with van der Waals surface area (Å²) in [5, 5.41) is 0. The summed E-state index contributed by atoms with van der Waals surface area (Å²) in [6.45, 7) is 0.798. The lowest BCUT2D eigenvalue weighted by Crippen LogP contribution is -2.34. The zero-order chi connectivity index (χ0) is 21.0. The van der Waals surface area contributed by atoms with Gasteiger partial charge in [-0.15, -0.1) is 0 Å². The van der Waals surface area contributed by atoms with Gasteiger partial charge in [0.15, 0.2) is 11.5 Å². The molecule has 1 saturated heterocycles. The van der Waals surface area contributed by atoms with Crippen molar-refractivity contribution in [2.45, 2.75) is 13.0 Å². The largest absolute Gasteiger partial charge is 0.497 e. The van der Waals surface area contributed by atoms with Crippen molar-refractivity contribution in [3.8, 4) is 17.2 Å². The fourth-order valence-electron chi connectivity index (χ4n) is 3.53. The topological polar surface area (TPSA) is 68.3 Å². The van der Waals surface area contributed by atoms with Crippen molar-refractivity contribution in [3.05, 3.63) is 48.0 Å². The van der Waals surface area contributed by atoms with Gasteiger partial charge in [-0.1, -0.05) is 6.07 Å². The molecule has 1 aliphatic rings. The summed E-state index contributed by atoms with van der Waals surface area (Å²) in [6, 6.07) is 12.8. The normalized spacial score (nSPS) is 15.9. The Morgan fingerprint density at radius 2 is 1.72 bits per heavy atom. The highest BCUT2D eigenvalue weighted by atomic mass is 16.5. The Labute approximate surface area is 170 Å². The molecule has 154 valence electrons. The van der Waals surface area contributed by atoms with Crippen LogP contribution in [0.3, 0.4) is 0 Å². The van der Waals surface area contributed by atoms with E-state index in [0.717, 1.165) is 17.0 Å². The number of anilines is 1.